The molecule has 0 amide bonds. The van der Waals surface area contributed by atoms with Gasteiger partial charge in [0.1, 0.15) is 11.6 Å². The first-order valence-electron chi connectivity index (χ1n) is 10.3. The van der Waals surface area contributed by atoms with Gasteiger partial charge in [-0.3, -0.25) is 0 Å². The third-order valence-corrected chi connectivity index (χ3v) is 6.06. The smallest absolute Gasteiger partial charge is 0.132 e. The minimum absolute atomic E-state index is 0.572. The van der Waals surface area contributed by atoms with E-state index in [-0.39, 0.29) is 0 Å². The molecule has 0 unspecified atom stereocenters. The first-order valence-corrected chi connectivity index (χ1v) is 10.3. The minimum atomic E-state index is 0.572. The van der Waals surface area contributed by atoms with E-state index in [1.807, 2.05) is 6.92 Å². The lowest BCUT2D eigenvalue weighted by Gasteiger charge is -2.33. The normalized spacial score (nSPS) is 25.7. The van der Waals surface area contributed by atoms with Gasteiger partial charge in [0.25, 0.3) is 0 Å². The largest absolute Gasteiger partial charge is 0.381 e. The van der Waals surface area contributed by atoms with Gasteiger partial charge in [0, 0.05) is 44.0 Å². The summed E-state index contributed by atoms with van der Waals surface area (Å²) >= 11 is 0. The van der Waals surface area contributed by atoms with Gasteiger partial charge >= 0.3 is 0 Å². The number of ether oxygens (including phenoxy) is 2. The average Bonchev–Trinajstić information content (AvgIpc) is 3.21. The fourth-order valence-corrected chi connectivity index (χ4v) is 4.37. The molecule has 0 aromatic carbocycles. The number of piperidine rings is 1. The summed E-state index contributed by atoms with van der Waals surface area (Å²) in [7, 11) is 0. The molecule has 0 saturated carbocycles. The molecule has 4 heterocycles. The molecule has 3 aliphatic rings. The molecule has 4 rings (SSSR count). The van der Waals surface area contributed by atoms with Crippen molar-refractivity contribution in [3.63, 3.8) is 0 Å². The summed E-state index contributed by atoms with van der Waals surface area (Å²) in [6.45, 7) is 11.0. The fourth-order valence-electron chi connectivity index (χ4n) is 4.37. The lowest BCUT2D eigenvalue weighted by atomic mass is 9.92. The number of aryl methyl sites for hydroxylation is 1. The Morgan fingerprint density at radius 3 is 2.54 bits per heavy atom. The Hall–Kier alpha value is -1.24. The van der Waals surface area contributed by atoms with Crippen molar-refractivity contribution in [1.82, 2.24) is 14.9 Å². The standard InChI is InChI=1S/C20H32N4O2/c1-16-21-19(14-20(22-16)24-9-12-25-13-10-24)18-3-7-23(8-4-18)6-2-17-5-11-26-15-17/h14,17-18H,2-13,15H2,1H3/t17-/m0/s1. The Kier molecular flexibility index (Phi) is 6.02. The molecule has 1 aromatic heterocycles. The summed E-state index contributed by atoms with van der Waals surface area (Å²) in [5.41, 5.74) is 1.24. The maximum absolute atomic E-state index is 5.50. The highest BCUT2D eigenvalue weighted by atomic mass is 16.5. The van der Waals surface area contributed by atoms with Gasteiger partial charge in [-0.1, -0.05) is 0 Å². The highest BCUT2D eigenvalue weighted by Gasteiger charge is 2.24. The van der Waals surface area contributed by atoms with E-state index in [2.05, 4.69) is 20.9 Å². The predicted molar refractivity (Wildman–Crippen MR) is 102 cm³/mol. The van der Waals surface area contributed by atoms with Crippen LogP contribution in [0.3, 0.4) is 0 Å². The Balaban J connectivity index is 1.32. The predicted octanol–water partition coefficient (Wildman–Crippen LogP) is 2.23. The average molecular weight is 361 g/mol. The third kappa shape index (κ3) is 4.53. The molecular weight excluding hydrogens is 328 g/mol. The zero-order valence-electron chi connectivity index (χ0n) is 16.0. The molecule has 0 spiro atoms. The first kappa shape index (κ1) is 18.1. The van der Waals surface area contributed by atoms with Crippen molar-refractivity contribution in [1.29, 1.82) is 0 Å². The summed E-state index contributed by atoms with van der Waals surface area (Å²) in [6, 6.07) is 2.23. The van der Waals surface area contributed by atoms with Crippen LogP contribution in [0, 0.1) is 12.8 Å². The van der Waals surface area contributed by atoms with Crippen LogP contribution >= 0.6 is 0 Å². The lowest BCUT2D eigenvalue weighted by Crippen LogP contribution is -2.37. The number of anilines is 1. The van der Waals surface area contributed by atoms with E-state index in [0.717, 1.165) is 57.1 Å². The van der Waals surface area contributed by atoms with Gasteiger partial charge in [-0.15, -0.1) is 0 Å². The van der Waals surface area contributed by atoms with Crippen molar-refractivity contribution in [3.8, 4) is 0 Å². The summed E-state index contributed by atoms with van der Waals surface area (Å²) in [5.74, 6) is 3.34. The van der Waals surface area contributed by atoms with Crippen LogP contribution in [0.4, 0.5) is 5.82 Å². The second-order valence-electron chi connectivity index (χ2n) is 7.93. The first-order chi connectivity index (χ1) is 12.8. The van der Waals surface area contributed by atoms with Gasteiger partial charge in [-0.2, -0.15) is 0 Å². The van der Waals surface area contributed by atoms with Crippen molar-refractivity contribution in [3.05, 3.63) is 17.6 Å². The van der Waals surface area contributed by atoms with Crippen LogP contribution < -0.4 is 4.90 Å². The number of hydrogen-bond acceptors (Lipinski definition) is 6. The van der Waals surface area contributed by atoms with E-state index in [0.29, 0.717) is 5.92 Å². The highest BCUT2D eigenvalue weighted by Crippen LogP contribution is 2.29. The van der Waals surface area contributed by atoms with E-state index < -0.39 is 0 Å². The number of hydrogen-bond donors (Lipinski definition) is 0. The Morgan fingerprint density at radius 2 is 1.81 bits per heavy atom. The second kappa shape index (κ2) is 8.63. The van der Waals surface area contributed by atoms with Gasteiger partial charge in [0.2, 0.25) is 0 Å². The topological polar surface area (TPSA) is 50.7 Å². The Labute approximate surface area is 156 Å². The van der Waals surface area contributed by atoms with Crippen LogP contribution in [0.5, 0.6) is 0 Å². The number of rotatable bonds is 5. The van der Waals surface area contributed by atoms with Gasteiger partial charge < -0.3 is 19.3 Å². The highest BCUT2D eigenvalue weighted by molar-refractivity contribution is 5.41. The summed E-state index contributed by atoms with van der Waals surface area (Å²) in [6.07, 6.45) is 4.96. The van der Waals surface area contributed by atoms with Crippen LogP contribution in [0.1, 0.15) is 43.1 Å². The molecule has 6 heteroatoms. The van der Waals surface area contributed by atoms with E-state index in [1.165, 1.54) is 51.0 Å². The third-order valence-electron chi connectivity index (χ3n) is 6.06. The summed E-state index contributed by atoms with van der Waals surface area (Å²) in [5, 5.41) is 0. The van der Waals surface area contributed by atoms with Crippen LogP contribution in [0.15, 0.2) is 6.07 Å². The van der Waals surface area contributed by atoms with Gasteiger partial charge in [-0.05, 0) is 58.2 Å². The van der Waals surface area contributed by atoms with Crippen molar-refractivity contribution >= 4 is 5.82 Å². The molecule has 144 valence electrons. The molecule has 0 bridgehead atoms. The van der Waals surface area contributed by atoms with Crippen LogP contribution in [-0.4, -0.2) is 74.0 Å². The quantitative estimate of drug-likeness (QED) is 0.803. The molecule has 3 aliphatic heterocycles. The SMILES string of the molecule is Cc1nc(C2CCN(CC[C@H]3CCOC3)CC2)cc(N2CCOCC2)n1. The Bertz CT molecular complexity index is 577. The van der Waals surface area contributed by atoms with E-state index in [4.69, 9.17) is 14.5 Å². The van der Waals surface area contributed by atoms with Crippen molar-refractivity contribution in [2.24, 2.45) is 5.92 Å². The molecule has 26 heavy (non-hydrogen) atoms. The van der Waals surface area contributed by atoms with Crippen molar-refractivity contribution in [2.45, 2.75) is 38.5 Å². The number of morpholine rings is 1. The molecule has 1 aromatic rings. The molecule has 0 N–H and O–H groups in total. The number of aromatic nitrogens is 2. The maximum atomic E-state index is 5.50. The van der Waals surface area contributed by atoms with Crippen LogP contribution in [0.25, 0.3) is 0 Å². The van der Waals surface area contributed by atoms with Gasteiger partial charge in [0.05, 0.1) is 13.2 Å². The van der Waals surface area contributed by atoms with Crippen LogP contribution in [-0.2, 0) is 9.47 Å². The zero-order chi connectivity index (χ0) is 17.8. The summed E-state index contributed by atoms with van der Waals surface area (Å²) < 4.78 is 11.0. The monoisotopic (exact) mass is 360 g/mol. The Morgan fingerprint density at radius 1 is 1.00 bits per heavy atom. The maximum Gasteiger partial charge on any atom is 0.132 e. The molecule has 6 nitrogen and oxygen atoms in total. The second-order valence-corrected chi connectivity index (χ2v) is 7.93. The van der Waals surface area contributed by atoms with E-state index in [1.54, 1.807) is 0 Å². The zero-order valence-corrected chi connectivity index (χ0v) is 16.0. The van der Waals surface area contributed by atoms with E-state index in [9.17, 15) is 0 Å². The molecule has 0 aliphatic carbocycles. The van der Waals surface area contributed by atoms with Gasteiger partial charge in [-0.25, -0.2) is 9.97 Å². The molecule has 3 saturated heterocycles. The lowest BCUT2D eigenvalue weighted by molar-refractivity contribution is 0.122. The van der Waals surface area contributed by atoms with E-state index >= 15 is 0 Å². The van der Waals surface area contributed by atoms with Gasteiger partial charge in [0.15, 0.2) is 0 Å². The minimum Gasteiger partial charge on any atom is -0.381 e. The van der Waals surface area contributed by atoms with Crippen LogP contribution in [0.2, 0.25) is 0 Å². The molecular formula is C20H32N4O2. The number of likely N-dealkylation sites (tertiary alicyclic amines) is 1. The summed E-state index contributed by atoms with van der Waals surface area (Å²) in [4.78, 5) is 14.4. The molecule has 0 radical (unpaired) electrons. The molecule has 3 fully saturated rings. The fraction of sp³-hybridized carbons (Fsp3) is 0.800. The number of nitrogens with zero attached hydrogens (tertiary/aromatic N) is 4. The molecule has 1 atom stereocenters. The van der Waals surface area contributed by atoms with Crippen molar-refractivity contribution < 1.29 is 9.47 Å². The van der Waals surface area contributed by atoms with Crippen molar-refractivity contribution in [2.75, 3.05) is 64.1 Å².